The Bertz CT molecular complexity index is 3490. The lowest BCUT2D eigenvalue weighted by atomic mass is 9.86. The predicted octanol–water partition coefficient (Wildman–Crippen LogP) is 15.6. The second kappa shape index (κ2) is 12.5. The second-order valence-electron chi connectivity index (χ2n) is 15.2. The van der Waals surface area contributed by atoms with E-state index in [2.05, 4.69) is 217 Å². The third-order valence-corrected chi connectivity index (χ3v) is 12.1. The summed E-state index contributed by atoms with van der Waals surface area (Å²) in [5, 5.41) is 15.1. The summed E-state index contributed by atoms with van der Waals surface area (Å²) in [7, 11) is 0. The van der Waals surface area contributed by atoms with Crippen molar-refractivity contribution in [3.63, 3.8) is 0 Å². The maximum absolute atomic E-state index is 2.50. The molecule has 0 aliphatic heterocycles. The van der Waals surface area contributed by atoms with Crippen LogP contribution in [0.15, 0.2) is 212 Å². The van der Waals surface area contributed by atoms with Gasteiger partial charge in [0.1, 0.15) is 0 Å². The number of nitrogens with zero attached hydrogens (tertiary/aromatic N) is 1. The van der Waals surface area contributed by atoms with Crippen molar-refractivity contribution >= 4 is 75.7 Å². The van der Waals surface area contributed by atoms with E-state index in [0.717, 1.165) is 5.69 Å². The molecule has 264 valence electrons. The molecule has 1 nitrogen and oxygen atoms in total. The Balaban J connectivity index is 1.10. The normalized spacial score (nSPS) is 11.9. The molecule has 0 unspecified atom stereocenters. The van der Waals surface area contributed by atoms with Gasteiger partial charge in [0.2, 0.25) is 0 Å². The van der Waals surface area contributed by atoms with Gasteiger partial charge in [-0.05, 0) is 106 Å². The first kappa shape index (κ1) is 31.8. The van der Waals surface area contributed by atoms with Gasteiger partial charge in [-0.1, -0.05) is 188 Å². The minimum atomic E-state index is 1.15. The zero-order valence-corrected chi connectivity index (χ0v) is 31.2. The third-order valence-electron chi connectivity index (χ3n) is 12.1. The first-order chi connectivity index (χ1) is 28.3. The van der Waals surface area contributed by atoms with E-state index in [0.29, 0.717) is 0 Å². The van der Waals surface area contributed by atoms with Crippen LogP contribution in [0.1, 0.15) is 0 Å². The van der Waals surface area contributed by atoms with Crippen molar-refractivity contribution in [1.82, 2.24) is 4.57 Å². The number of hydrogen-bond donors (Lipinski definition) is 0. The smallest absolute Gasteiger partial charge is 0.0619 e. The van der Waals surface area contributed by atoms with Crippen LogP contribution in [-0.4, -0.2) is 4.57 Å². The summed E-state index contributed by atoms with van der Waals surface area (Å²) in [6, 6.07) is 78.3. The molecule has 1 heterocycles. The summed E-state index contributed by atoms with van der Waals surface area (Å²) in [5.41, 5.74) is 11.1. The first-order valence-corrected chi connectivity index (χ1v) is 19.8. The molecule has 0 atom stereocenters. The van der Waals surface area contributed by atoms with E-state index in [1.54, 1.807) is 0 Å². The lowest BCUT2D eigenvalue weighted by Crippen LogP contribution is -1.95. The second-order valence-corrected chi connectivity index (χ2v) is 15.2. The van der Waals surface area contributed by atoms with Gasteiger partial charge in [0.25, 0.3) is 0 Å². The number of fused-ring (bicyclic) bond motifs is 10. The zero-order valence-electron chi connectivity index (χ0n) is 31.2. The molecule has 0 saturated carbocycles. The topological polar surface area (TPSA) is 4.93 Å². The Morgan fingerprint density at radius 2 is 0.772 bits per heavy atom. The van der Waals surface area contributed by atoms with Crippen LogP contribution in [0.5, 0.6) is 0 Å². The van der Waals surface area contributed by atoms with E-state index in [4.69, 9.17) is 0 Å². The molecule has 0 spiro atoms. The van der Waals surface area contributed by atoms with Crippen LogP contribution in [0.4, 0.5) is 0 Å². The molecule has 0 aliphatic carbocycles. The van der Waals surface area contributed by atoms with Gasteiger partial charge in [0, 0.05) is 21.8 Å². The summed E-state index contributed by atoms with van der Waals surface area (Å²) in [6.07, 6.45) is 0. The molecule has 12 rings (SSSR count). The van der Waals surface area contributed by atoms with Crippen molar-refractivity contribution in [3.8, 4) is 39.1 Å². The highest BCUT2D eigenvalue weighted by Gasteiger charge is 2.20. The summed E-state index contributed by atoms with van der Waals surface area (Å²) in [4.78, 5) is 0. The molecular weight excluding hydrogens is 687 g/mol. The minimum absolute atomic E-state index is 1.15. The molecule has 0 radical (unpaired) electrons. The molecule has 0 bridgehead atoms. The van der Waals surface area contributed by atoms with Gasteiger partial charge in [-0.15, -0.1) is 0 Å². The lowest BCUT2D eigenvalue weighted by molar-refractivity contribution is 1.19. The molecule has 12 aromatic rings. The average Bonchev–Trinajstić information content (AvgIpc) is 3.63. The van der Waals surface area contributed by atoms with Gasteiger partial charge >= 0.3 is 0 Å². The monoisotopic (exact) mass is 721 g/mol. The Labute approximate surface area is 330 Å². The van der Waals surface area contributed by atoms with E-state index in [1.165, 1.54) is 109 Å². The number of aromatic nitrogens is 1. The fourth-order valence-corrected chi connectivity index (χ4v) is 9.64. The Kier molecular flexibility index (Phi) is 7.00. The van der Waals surface area contributed by atoms with Crippen molar-refractivity contribution < 1.29 is 0 Å². The molecule has 11 aromatic carbocycles. The highest BCUT2D eigenvalue weighted by molar-refractivity contribution is 6.27. The van der Waals surface area contributed by atoms with Crippen molar-refractivity contribution in [2.45, 2.75) is 0 Å². The van der Waals surface area contributed by atoms with Gasteiger partial charge < -0.3 is 4.57 Å². The molecule has 57 heavy (non-hydrogen) atoms. The van der Waals surface area contributed by atoms with Crippen LogP contribution in [0.3, 0.4) is 0 Å². The molecule has 0 aliphatic rings. The summed E-state index contributed by atoms with van der Waals surface area (Å²) < 4.78 is 2.50. The van der Waals surface area contributed by atoms with E-state index in [1.807, 2.05) is 0 Å². The Morgan fingerprint density at radius 3 is 1.46 bits per heavy atom. The van der Waals surface area contributed by atoms with E-state index in [9.17, 15) is 0 Å². The van der Waals surface area contributed by atoms with Crippen molar-refractivity contribution in [2.75, 3.05) is 0 Å². The Morgan fingerprint density at radius 1 is 0.281 bits per heavy atom. The maximum atomic E-state index is 2.50. The summed E-state index contributed by atoms with van der Waals surface area (Å²) in [5.74, 6) is 0. The standard InChI is InChI=1S/C56H35N/c1-2-15-39(16-3-1)53-46-20-8-10-22-48(46)54(49-23-11-9-21-47(49)53)40-27-31-42(32-28-40)57-52-34-30-38-25-26-41(44-24-12-17-36-13-4-6-18-43(36)44)35-51(38)55(52)50-33-29-37-14-5-7-19-45(37)56(50)57/h1-35H. The largest absolute Gasteiger partial charge is 0.309 e. The van der Waals surface area contributed by atoms with E-state index >= 15 is 0 Å². The zero-order chi connectivity index (χ0) is 37.5. The van der Waals surface area contributed by atoms with Crippen molar-refractivity contribution in [3.05, 3.63) is 212 Å². The maximum Gasteiger partial charge on any atom is 0.0619 e. The van der Waals surface area contributed by atoms with Crippen molar-refractivity contribution in [1.29, 1.82) is 0 Å². The fraction of sp³-hybridized carbons (Fsp3) is 0. The van der Waals surface area contributed by atoms with E-state index < -0.39 is 0 Å². The van der Waals surface area contributed by atoms with Gasteiger partial charge in [0.15, 0.2) is 0 Å². The van der Waals surface area contributed by atoms with Crippen LogP contribution in [0.2, 0.25) is 0 Å². The number of hydrogen-bond acceptors (Lipinski definition) is 0. The first-order valence-electron chi connectivity index (χ1n) is 19.8. The van der Waals surface area contributed by atoms with E-state index in [-0.39, 0.29) is 0 Å². The third kappa shape index (κ3) is 4.83. The van der Waals surface area contributed by atoms with Crippen LogP contribution in [0, 0.1) is 0 Å². The highest BCUT2D eigenvalue weighted by atomic mass is 15.0. The van der Waals surface area contributed by atoms with Gasteiger partial charge in [-0.3, -0.25) is 0 Å². The minimum Gasteiger partial charge on any atom is -0.309 e. The van der Waals surface area contributed by atoms with Crippen LogP contribution >= 0.6 is 0 Å². The molecular formula is C56H35N. The summed E-state index contributed by atoms with van der Waals surface area (Å²) >= 11 is 0. The van der Waals surface area contributed by atoms with Gasteiger partial charge in [-0.25, -0.2) is 0 Å². The molecule has 1 heteroatoms. The molecule has 1 aromatic heterocycles. The summed E-state index contributed by atoms with van der Waals surface area (Å²) in [6.45, 7) is 0. The fourth-order valence-electron chi connectivity index (χ4n) is 9.64. The van der Waals surface area contributed by atoms with Gasteiger partial charge in [0.05, 0.1) is 11.0 Å². The highest BCUT2D eigenvalue weighted by Crippen LogP contribution is 2.45. The van der Waals surface area contributed by atoms with Crippen molar-refractivity contribution in [2.24, 2.45) is 0 Å². The molecule has 0 saturated heterocycles. The lowest BCUT2D eigenvalue weighted by Gasteiger charge is -2.18. The van der Waals surface area contributed by atoms with Crippen LogP contribution in [0.25, 0.3) is 115 Å². The number of benzene rings is 11. The quantitative estimate of drug-likeness (QED) is 0.160. The number of rotatable bonds is 4. The molecule has 0 N–H and O–H groups in total. The Hall–Kier alpha value is -7.48. The van der Waals surface area contributed by atoms with Crippen LogP contribution in [-0.2, 0) is 0 Å². The van der Waals surface area contributed by atoms with Crippen LogP contribution < -0.4 is 0 Å². The average molecular weight is 722 g/mol. The predicted molar refractivity (Wildman–Crippen MR) is 245 cm³/mol. The molecule has 0 amide bonds. The van der Waals surface area contributed by atoms with Gasteiger partial charge in [-0.2, -0.15) is 0 Å². The molecule has 0 fully saturated rings. The SMILES string of the molecule is c1ccc(-c2c3ccccc3c(-c3ccc(-n4c5ccc6ccc(-c7cccc8ccccc78)cc6c5c5ccc6ccccc6c54)cc3)c3ccccc23)cc1.